The van der Waals surface area contributed by atoms with Crippen molar-refractivity contribution in [1.82, 2.24) is 4.90 Å². The molecule has 0 unspecified atom stereocenters. The normalized spacial score (nSPS) is 10.1. The van der Waals surface area contributed by atoms with E-state index in [4.69, 9.17) is 4.74 Å². The Labute approximate surface area is 132 Å². The second-order valence-corrected chi connectivity index (χ2v) is 5.64. The molecule has 0 saturated heterocycles. The zero-order valence-corrected chi connectivity index (χ0v) is 13.4. The number of carbonyl (C=O) groups excluding carboxylic acids is 1. The van der Waals surface area contributed by atoms with Crippen molar-refractivity contribution in [2.24, 2.45) is 0 Å². The smallest absolute Gasteiger partial charge is 0.253 e. The highest BCUT2D eigenvalue weighted by molar-refractivity contribution is 14.1. The number of halogens is 1. The van der Waals surface area contributed by atoms with Gasteiger partial charge in [0.05, 0.1) is 6.54 Å². The van der Waals surface area contributed by atoms with E-state index in [-0.39, 0.29) is 5.91 Å². The van der Waals surface area contributed by atoms with Crippen LogP contribution in [0.4, 0.5) is 0 Å². The van der Waals surface area contributed by atoms with Crippen LogP contribution in [0, 0.1) is 3.57 Å². The number of amides is 1. The summed E-state index contributed by atoms with van der Waals surface area (Å²) in [5.74, 6) is 0.836. The third-order valence-electron chi connectivity index (χ3n) is 2.86. The van der Waals surface area contributed by atoms with Gasteiger partial charge in [-0.2, -0.15) is 0 Å². The van der Waals surface area contributed by atoms with Gasteiger partial charge in [-0.1, -0.05) is 24.3 Å². The summed E-state index contributed by atoms with van der Waals surface area (Å²) in [6, 6.07) is 17.2. The first-order chi connectivity index (χ1) is 9.66. The number of hydrogen-bond acceptors (Lipinski definition) is 2. The van der Waals surface area contributed by atoms with Gasteiger partial charge in [0, 0.05) is 16.2 Å². The van der Waals surface area contributed by atoms with Crippen LogP contribution < -0.4 is 4.74 Å². The fourth-order valence-electron chi connectivity index (χ4n) is 1.76. The molecule has 104 valence electrons. The van der Waals surface area contributed by atoms with Gasteiger partial charge in [0.25, 0.3) is 5.91 Å². The van der Waals surface area contributed by atoms with Gasteiger partial charge in [-0.3, -0.25) is 4.79 Å². The molecule has 1 amide bonds. The molecule has 0 heterocycles. The minimum atomic E-state index is 0.0141. The highest BCUT2D eigenvalue weighted by atomic mass is 127. The molecule has 0 N–H and O–H groups in total. The number of carbonyl (C=O) groups is 1. The van der Waals surface area contributed by atoms with Gasteiger partial charge < -0.3 is 9.64 Å². The van der Waals surface area contributed by atoms with Crippen LogP contribution in [0.25, 0.3) is 0 Å². The highest BCUT2D eigenvalue weighted by Crippen LogP contribution is 2.11. The average Bonchev–Trinajstić information content (AvgIpc) is 2.47. The molecule has 0 aliphatic rings. The maximum Gasteiger partial charge on any atom is 0.253 e. The summed E-state index contributed by atoms with van der Waals surface area (Å²) in [5, 5.41) is 0. The van der Waals surface area contributed by atoms with Crippen LogP contribution in [0.2, 0.25) is 0 Å². The van der Waals surface area contributed by atoms with Gasteiger partial charge >= 0.3 is 0 Å². The number of rotatable bonds is 5. The SMILES string of the molecule is CN(CCOc1ccccc1)C(=O)c1cccc(I)c1. The van der Waals surface area contributed by atoms with Crippen LogP contribution in [-0.2, 0) is 0 Å². The van der Waals surface area contributed by atoms with E-state index in [2.05, 4.69) is 22.6 Å². The molecule has 2 aromatic rings. The van der Waals surface area contributed by atoms with Crippen LogP contribution in [-0.4, -0.2) is 31.0 Å². The lowest BCUT2D eigenvalue weighted by Gasteiger charge is -2.17. The average molecular weight is 381 g/mol. The minimum Gasteiger partial charge on any atom is -0.492 e. The molecule has 0 aliphatic carbocycles. The van der Waals surface area contributed by atoms with Gasteiger partial charge in [-0.25, -0.2) is 0 Å². The van der Waals surface area contributed by atoms with Crippen LogP contribution in [0.15, 0.2) is 54.6 Å². The van der Waals surface area contributed by atoms with Gasteiger partial charge in [-0.15, -0.1) is 0 Å². The number of nitrogens with zero attached hydrogens (tertiary/aromatic N) is 1. The summed E-state index contributed by atoms with van der Waals surface area (Å²) in [6.07, 6.45) is 0. The van der Waals surface area contributed by atoms with Crippen LogP contribution in [0.3, 0.4) is 0 Å². The molecule has 0 atom stereocenters. The Hall–Kier alpha value is -1.56. The standard InChI is InChI=1S/C16H16INO2/c1-18(10-11-20-15-8-3-2-4-9-15)16(19)13-6-5-7-14(17)12-13/h2-9,12H,10-11H2,1H3. The molecule has 0 saturated carbocycles. The van der Waals surface area contributed by atoms with Crippen LogP contribution in [0.1, 0.15) is 10.4 Å². The molecule has 0 bridgehead atoms. The molecule has 0 fully saturated rings. The third kappa shape index (κ3) is 4.23. The van der Waals surface area contributed by atoms with Crippen molar-refractivity contribution in [1.29, 1.82) is 0 Å². The lowest BCUT2D eigenvalue weighted by atomic mass is 10.2. The number of ether oxygens (including phenoxy) is 1. The number of para-hydroxylation sites is 1. The largest absolute Gasteiger partial charge is 0.492 e. The molecule has 4 heteroatoms. The number of benzene rings is 2. The van der Waals surface area contributed by atoms with E-state index in [0.717, 1.165) is 9.32 Å². The molecule has 2 aromatic carbocycles. The Morgan fingerprint density at radius 2 is 1.90 bits per heavy atom. The Bertz CT molecular complexity index is 572. The first kappa shape index (κ1) is 14.8. The molecule has 0 radical (unpaired) electrons. The van der Waals surface area contributed by atoms with Crippen molar-refractivity contribution >= 4 is 28.5 Å². The quantitative estimate of drug-likeness (QED) is 0.743. The monoisotopic (exact) mass is 381 g/mol. The van der Waals surface area contributed by atoms with E-state index >= 15 is 0 Å². The summed E-state index contributed by atoms with van der Waals surface area (Å²) in [4.78, 5) is 13.9. The predicted molar refractivity (Wildman–Crippen MR) is 88.1 cm³/mol. The van der Waals surface area contributed by atoms with E-state index in [9.17, 15) is 4.79 Å². The first-order valence-electron chi connectivity index (χ1n) is 6.36. The second kappa shape index (κ2) is 7.28. The summed E-state index contributed by atoms with van der Waals surface area (Å²) in [7, 11) is 1.79. The number of likely N-dealkylation sites (N-methyl/N-ethyl adjacent to an activating group) is 1. The Morgan fingerprint density at radius 1 is 1.15 bits per heavy atom. The van der Waals surface area contributed by atoms with Crippen molar-refractivity contribution in [3.8, 4) is 5.75 Å². The van der Waals surface area contributed by atoms with Gasteiger partial charge in [0.1, 0.15) is 12.4 Å². The van der Waals surface area contributed by atoms with E-state index in [1.165, 1.54) is 0 Å². The zero-order chi connectivity index (χ0) is 14.4. The lowest BCUT2D eigenvalue weighted by Crippen LogP contribution is -2.30. The molecule has 2 rings (SSSR count). The van der Waals surface area contributed by atoms with E-state index in [1.54, 1.807) is 11.9 Å². The molecule has 0 aliphatic heterocycles. The predicted octanol–water partition coefficient (Wildman–Crippen LogP) is 3.44. The summed E-state index contributed by atoms with van der Waals surface area (Å²) in [6.45, 7) is 1.04. The molecular formula is C16H16INO2. The molecule has 0 aromatic heterocycles. The minimum absolute atomic E-state index is 0.0141. The van der Waals surface area contributed by atoms with Gasteiger partial charge in [0.15, 0.2) is 0 Å². The Balaban J connectivity index is 1.85. The van der Waals surface area contributed by atoms with Crippen LogP contribution >= 0.6 is 22.6 Å². The summed E-state index contributed by atoms with van der Waals surface area (Å²) < 4.78 is 6.65. The molecule has 3 nitrogen and oxygen atoms in total. The third-order valence-corrected chi connectivity index (χ3v) is 3.53. The Morgan fingerprint density at radius 3 is 2.60 bits per heavy atom. The second-order valence-electron chi connectivity index (χ2n) is 4.40. The topological polar surface area (TPSA) is 29.5 Å². The highest BCUT2D eigenvalue weighted by Gasteiger charge is 2.11. The van der Waals surface area contributed by atoms with Gasteiger partial charge in [-0.05, 0) is 52.9 Å². The van der Waals surface area contributed by atoms with Gasteiger partial charge in [0.2, 0.25) is 0 Å². The summed E-state index contributed by atoms with van der Waals surface area (Å²) in [5.41, 5.74) is 0.708. The van der Waals surface area contributed by atoms with Crippen molar-refractivity contribution in [3.05, 3.63) is 63.7 Å². The molecular weight excluding hydrogens is 365 g/mol. The van der Waals surface area contributed by atoms with Crippen molar-refractivity contribution in [2.45, 2.75) is 0 Å². The summed E-state index contributed by atoms with van der Waals surface area (Å²) >= 11 is 2.20. The van der Waals surface area contributed by atoms with E-state index in [1.807, 2.05) is 54.6 Å². The fraction of sp³-hybridized carbons (Fsp3) is 0.188. The number of hydrogen-bond donors (Lipinski definition) is 0. The van der Waals surface area contributed by atoms with Crippen molar-refractivity contribution < 1.29 is 9.53 Å². The maximum atomic E-state index is 12.2. The van der Waals surface area contributed by atoms with Crippen molar-refractivity contribution in [3.63, 3.8) is 0 Å². The Kier molecular flexibility index (Phi) is 5.40. The van der Waals surface area contributed by atoms with E-state index < -0.39 is 0 Å². The van der Waals surface area contributed by atoms with Crippen molar-refractivity contribution in [2.75, 3.05) is 20.2 Å². The zero-order valence-electron chi connectivity index (χ0n) is 11.3. The van der Waals surface area contributed by atoms with Crippen LogP contribution in [0.5, 0.6) is 5.75 Å². The molecule has 0 spiro atoms. The first-order valence-corrected chi connectivity index (χ1v) is 7.43. The molecule has 20 heavy (non-hydrogen) atoms. The maximum absolute atomic E-state index is 12.2. The fourth-order valence-corrected chi connectivity index (χ4v) is 2.30. The lowest BCUT2D eigenvalue weighted by molar-refractivity contribution is 0.0773. The van der Waals surface area contributed by atoms with E-state index in [0.29, 0.717) is 18.7 Å².